The van der Waals surface area contributed by atoms with Gasteiger partial charge in [-0.15, -0.1) is 11.3 Å². The van der Waals surface area contributed by atoms with E-state index in [2.05, 4.69) is 40.6 Å². The van der Waals surface area contributed by atoms with Gasteiger partial charge in [-0.05, 0) is 30.5 Å². The van der Waals surface area contributed by atoms with E-state index >= 15 is 0 Å². The van der Waals surface area contributed by atoms with Crippen LogP contribution in [0.15, 0.2) is 48.0 Å². The molecule has 3 aromatic rings. The fraction of sp³-hybridized carbons (Fsp3) is 0.188. The van der Waals surface area contributed by atoms with E-state index in [9.17, 15) is 0 Å². The molecular weight excluding hydrogens is 266 g/mol. The van der Waals surface area contributed by atoms with Gasteiger partial charge in [0.05, 0.1) is 21.6 Å². The lowest BCUT2D eigenvalue weighted by Gasteiger charge is -2.09. The summed E-state index contributed by atoms with van der Waals surface area (Å²) in [5.41, 5.74) is 12.0. The van der Waals surface area contributed by atoms with Crippen molar-refractivity contribution in [3.05, 3.63) is 53.5 Å². The highest BCUT2D eigenvalue weighted by Gasteiger charge is 2.06. The quantitative estimate of drug-likeness (QED) is 0.551. The highest BCUT2D eigenvalue weighted by atomic mass is 32.1. The van der Waals surface area contributed by atoms with Crippen LogP contribution in [-0.2, 0) is 6.42 Å². The summed E-state index contributed by atoms with van der Waals surface area (Å²) in [6, 6.07) is 14.6. The monoisotopic (exact) mass is 283 g/mol. The van der Waals surface area contributed by atoms with Crippen LogP contribution >= 0.6 is 11.3 Å². The van der Waals surface area contributed by atoms with Crippen LogP contribution in [0.5, 0.6) is 0 Å². The number of aromatic nitrogens is 1. The molecule has 0 saturated carbocycles. The van der Waals surface area contributed by atoms with Gasteiger partial charge >= 0.3 is 0 Å². The second-order valence-electron chi connectivity index (χ2n) is 4.74. The predicted molar refractivity (Wildman–Crippen MR) is 87.3 cm³/mol. The molecule has 0 aliphatic rings. The average molecular weight is 283 g/mol. The number of rotatable bonds is 5. The van der Waals surface area contributed by atoms with Crippen molar-refractivity contribution < 1.29 is 0 Å². The van der Waals surface area contributed by atoms with Gasteiger partial charge in [-0.1, -0.05) is 30.3 Å². The van der Waals surface area contributed by atoms with Gasteiger partial charge in [-0.2, -0.15) is 0 Å². The van der Waals surface area contributed by atoms with E-state index in [0.29, 0.717) is 0 Å². The Balaban J connectivity index is 1.58. The summed E-state index contributed by atoms with van der Waals surface area (Å²) in [7, 11) is 0. The van der Waals surface area contributed by atoms with Crippen molar-refractivity contribution in [2.75, 3.05) is 17.6 Å². The number of hydrogen-bond acceptors (Lipinski definition) is 4. The number of nitrogens with one attached hydrogen (secondary N) is 1. The second-order valence-corrected chi connectivity index (χ2v) is 5.63. The minimum atomic E-state index is 0.753. The molecule has 0 radical (unpaired) electrons. The number of benzene rings is 2. The Labute approximate surface area is 122 Å². The van der Waals surface area contributed by atoms with E-state index in [1.54, 1.807) is 11.3 Å². The third-order valence-corrected chi connectivity index (χ3v) is 4.14. The molecule has 3 N–H and O–H groups in total. The third kappa shape index (κ3) is 2.75. The predicted octanol–water partition coefficient (Wildman–Crippen LogP) is 3.92. The summed E-state index contributed by atoms with van der Waals surface area (Å²) < 4.78 is 1.14. The van der Waals surface area contributed by atoms with Crippen molar-refractivity contribution in [3.63, 3.8) is 0 Å². The summed E-state index contributed by atoms with van der Waals surface area (Å²) >= 11 is 1.62. The first kappa shape index (κ1) is 12.9. The SMILES string of the molecule is Nc1c(NCCCc2ccccc2)ccc2scnc12. The van der Waals surface area contributed by atoms with Gasteiger partial charge < -0.3 is 11.1 Å². The lowest BCUT2D eigenvalue weighted by molar-refractivity contribution is 0.863. The maximum absolute atomic E-state index is 6.14. The molecule has 3 nitrogen and oxygen atoms in total. The Morgan fingerprint density at radius 3 is 2.80 bits per heavy atom. The van der Waals surface area contributed by atoms with Crippen LogP contribution in [0.4, 0.5) is 11.4 Å². The normalized spacial score (nSPS) is 10.8. The molecule has 0 aliphatic heterocycles. The third-order valence-electron chi connectivity index (χ3n) is 3.34. The maximum Gasteiger partial charge on any atom is 0.106 e. The molecule has 4 heteroatoms. The first-order valence-electron chi connectivity index (χ1n) is 6.74. The topological polar surface area (TPSA) is 50.9 Å². The van der Waals surface area contributed by atoms with Gasteiger partial charge in [-0.25, -0.2) is 4.98 Å². The fourth-order valence-corrected chi connectivity index (χ4v) is 2.96. The Morgan fingerprint density at radius 1 is 1.10 bits per heavy atom. The number of anilines is 2. The molecule has 3 rings (SSSR count). The summed E-state index contributed by atoms with van der Waals surface area (Å²) in [5.74, 6) is 0. The number of fused-ring (bicyclic) bond motifs is 1. The number of nitrogens with two attached hydrogens (primary N) is 1. The Morgan fingerprint density at radius 2 is 1.95 bits per heavy atom. The lowest BCUT2D eigenvalue weighted by atomic mass is 10.1. The van der Waals surface area contributed by atoms with Gasteiger partial charge in [-0.3, -0.25) is 0 Å². The largest absolute Gasteiger partial charge is 0.395 e. The molecule has 0 fully saturated rings. The van der Waals surface area contributed by atoms with E-state index in [-0.39, 0.29) is 0 Å². The highest BCUT2D eigenvalue weighted by Crippen LogP contribution is 2.29. The molecule has 0 amide bonds. The molecule has 20 heavy (non-hydrogen) atoms. The second kappa shape index (κ2) is 5.92. The average Bonchev–Trinajstić information content (AvgIpc) is 2.96. The van der Waals surface area contributed by atoms with Crippen LogP contribution in [0.2, 0.25) is 0 Å². The molecule has 0 aliphatic carbocycles. The number of thiazole rings is 1. The number of aryl methyl sites for hydroxylation is 1. The van der Waals surface area contributed by atoms with E-state index in [1.165, 1.54) is 5.56 Å². The minimum absolute atomic E-state index is 0.753. The van der Waals surface area contributed by atoms with Crippen molar-refractivity contribution in [1.29, 1.82) is 0 Å². The zero-order valence-electron chi connectivity index (χ0n) is 11.2. The molecule has 1 heterocycles. The number of nitrogens with zero attached hydrogens (tertiary/aromatic N) is 1. The highest BCUT2D eigenvalue weighted by molar-refractivity contribution is 7.16. The lowest BCUT2D eigenvalue weighted by Crippen LogP contribution is -2.05. The molecule has 1 aromatic heterocycles. The Kier molecular flexibility index (Phi) is 3.83. The van der Waals surface area contributed by atoms with Gasteiger partial charge in [0.25, 0.3) is 0 Å². The molecule has 0 bridgehead atoms. The van der Waals surface area contributed by atoms with Gasteiger partial charge in [0.1, 0.15) is 5.52 Å². The van der Waals surface area contributed by atoms with Crippen molar-refractivity contribution in [2.45, 2.75) is 12.8 Å². The molecule has 102 valence electrons. The first-order chi connectivity index (χ1) is 9.84. The molecular formula is C16H17N3S. The van der Waals surface area contributed by atoms with Crippen LogP contribution in [-0.4, -0.2) is 11.5 Å². The summed E-state index contributed by atoms with van der Waals surface area (Å²) in [6.45, 7) is 0.911. The number of nitrogen functional groups attached to an aromatic ring is 1. The Bertz CT molecular complexity index is 691. The van der Waals surface area contributed by atoms with Gasteiger partial charge in [0, 0.05) is 6.54 Å². The minimum Gasteiger partial charge on any atom is -0.395 e. The maximum atomic E-state index is 6.14. The smallest absolute Gasteiger partial charge is 0.106 e. The molecule has 0 atom stereocenters. The standard InChI is InChI=1S/C16H17N3S/c17-15-13(8-9-14-16(15)19-11-20-14)18-10-4-7-12-5-2-1-3-6-12/h1-3,5-6,8-9,11,18H,4,7,10,17H2. The van der Waals surface area contributed by atoms with Crippen molar-refractivity contribution in [3.8, 4) is 0 Å². The Hall–Kier alpha value is -2.07. The summed E-state index contributed by atoms with van der Waals surface area (Å²) in [5, 5.41) is 3.40. The van der Waals surface area contributed by atoms with Crippen LogP contribution in [0.25, 0.3) is 10.2 Å². The van der Waals surface area contributed by atoms with Crippen LogP contribution < -0.4 is 11.1 Å². The number of hydrogen-bond donors (Lipinski definition) is 2. The molecule has 0 saturated heterocycles. The van der Waals surface area contributed by atoms with Gasteiger partial charge in [0.15, 0.2) is 0 Å². The van der Waals surface area contributed by atoms with Crippen molar-refractivity contribution in [2.24, 2.45) is 0 Å². The van der Waals surface area contributed by atoms with Crippen molar-refractivity contribution >= 4 is 32.9 Å². The van der Waals surface area contributed by atoms with E-state index in [4.69, 9.17) is 5.73 Å². The van der Waals surface area contributed by atoms with E-state index in [0.717, 1.165) is 41.0 Å². The zero-order chi connectivity index (χ0) is 13.8. The molecule has 0 unspecified atom stereocenters. The fourth-order valence-electron chi connectivity index (χ4n) is 2.27. The van der Waals surface area contributed by atoms with Crippen LogP contribution in [0, 0.1) is 0 Å². The van der Waals surface area contributed by atoms with E-state index in [1.807, 2.05) is 17.6 Å². The summed E-state index contributed by atoms with van der Waals surface area (Å²) in [6.07, 6.45) is 2.16. The molecule has 2 aromatic carbocycles. The van der Waals surface area contributed by atoms with Crippen LogP contribution in [0.3, 0.4) is 0 Å². The van der Waals surface area contributed by atoms with Crippen LogP contribution in [0.1, 0.15) is 12.0 Å². The van der Waals surface area contributed by atoms with Crippen molar-refractivity contribution in [1.82, 2.24) is 4.98 Å². The first-order valence-corrected chi connectivity index (χ1v) is 7.62. The zero-order valence-corrected chi connectivity index (χ0v) is 12.0. The van der Waals surface area contributed by atoms with Gasteiger partial charge in [0.2, 0.25) is 0 Å². The molecule has 0 spiro atoms. The summed E-state index contributed by atoms with van der Waals surface area (Å²) in [4.78, 5) is 4.31. The van der Waals surface area contributed by atoms with E-state index < -0.39 is 0 Å².